The van der Waals surface area contributed by atoms with Gasteiger partial charge in [0.1, 0.15) is 11.6 Å². The van der Waals surface area contributed by atoms with E-state index in [4.69, 9.17) is 0 Å². The van der Waals surface area contributed by atoms with E-state index >= 15 is 0 Å². The van der Waals surface area contributed by atoms with Gasteiger partial charge in [-0.05, 0) is 31.9 Å². The van der Waals surface area contributed by atoms with E-state index in [1.807, 2.05) is 11.4 Å². The van der Waals surface area contributed by atoms with Gasteiger partial charge in [-0.25, -0.2) is 9.37 Å². The van der Waals surface area contributed by atoms with Crippen LogP contribution in [-0.4, -0.2) is 10.8 Å². The number of carbonyl (C=O) groups excluding carboxylic acids is 1. The van der Waals surface area contributed by atoms with Crippen LogP contribution in [0, 0.1) is 5.82 Å². The minimum atomic E-state index is -0.251. The second-order valence-corrected chi connectivity index (χ2v) is 5.14. The van der Waals surface area contributed by atoms with Crippen molar-refractivity contribution in [3.05, 3.63) is 40.5 Å². The predicted molar refractivity (Wildman–Crippen MR) is 71.1 cm³/mol. The van der Waals surface area contributed by atoms with Crippen LogP contribution in [0.15, 0.2) is 29.6 Å². The maximum Gasteiger partial charge on any atom is 0.129 e. The summed E-state index contributed by atoms with van der Waals surface area (Å²) in [5.74, 6) is -0.0458. The van der Waals surface area contributed by atoms with E-state index in [9.17, 15) is 9.18 Å². The van der Waals surface area contributed by atoms with Crippen molar-refractivity contribution in [3.63, 3.8) is 0 Å². The Balaban J connectivity index is 2.04. The Kier molecular flexibility index (Phi) is 4.20. The number of thiazole rings is 1. The third-order valence-electron chi connectivity index (χ3n) is 2.59. The monoisotopic (exact) mass is 263 g/mol. The highest BCUT2D eigenvalue weighted by atomic mass is 32.1. The molecule has 2 rings (SSSR count). The summed E-state index contributed by atoms with van der Waals surface area (Å²) < 4.78 is 13.1. The Morgan fingerprint density at radius 1 is 1.44 bits per heavy atom. The highest BCUT2D eigenvalue weighted by Crippen LogP contribution is 2.23. The molecule has 94 valence electrons. The number of carbonyl (C=O) groups is 1. The third kappa shape index (κ3) is 3.47. The first kappa shape index (κ1) is 12.9. The molecule has 1 heterocycles. The molecule has 18 heavy (non-hydrogen) atoms. The van der Waals surface area contributed by atoms with Crippen LogP contribution in [0.4, 0.5) is 4.39 Å². The number of Topliss-reactive ketones (excluding diaryl/α,β-unsaturated/α-hetero) is 1. The van der Waals surface area contributed by atoms with Gasteiger partial charge in [0.15, 0.2) is 0 Å². The smallest absolute Gasteiger partial charge is 0.129 e. The lowest BCUT2D eigenvalue weighted by Gasteiger charge is -1.96. The van der Waals surface area contributed by atoms with Gasteiger partial charge in [-0.15, -0.1) is 11.3 Å². The minimum absolute atomic E-state index is 0.205. The van der Waals surface area contributed by atoms with E-state index in [1.165, 1.54) is 12.1 Å². The van der Waals surface area contributed by atoms with Crippen molar-refractivity contribution in [2.45, 2.75) is 26.2 Å². The van der Waals surface area contributed by atoms with Gasteiger partial charge in [0.05, 0.1) is 10.7 Å². The molecule has 0 saturated carbocycles. The van der Waals surface area contributed by atoms with Crippen LogP contribution in [0.3, 0.4) is 0 Å². The predicted octanol–water partition coefficient (Wildman–Crippen LogP) is 3.86. The summed E-state index contributed by atoms with van der Waals surface area (Å²) in [6.45, 7) is 1.60. The molecule has 0 unspecified atom stereocenters. The molecule has 1 aromatic heterocycles. The first-order chi connectivity index (χ1) is 8.65. The zero-order valence-electron chi connectivity index (χ0n) is 10.1. The van der Waals surface area contributed by atoms with Crippen LogP contribution in [0.1, 0.15) is 24.8 Å². The molecule has 2 nitrogen and oxygen atoms in total. The maximum absolute atomic E-state index is 13.1. The van der Waals surface area contributed by atoms with Crippen LogP contribution < -0.4 is 0 Å². The van der Waals surface area contributed by atoms with Gasteiger partial charge in [-0.2, -0.15) is 0 Å². The van der Waals surface area contributed by atoms with Crippen LogP contribution in [-0.2, 0) is 11.2 Å². The minimum Gasteiger partial charge on any atom is -0.300 e. The summed E-state index contributed by atoms with van der Waals surface area (Å²) >= 11 is 1.56. The van der Waals surface area contributed by atoms with Gasteiger partial charge in [-0.1, -0.05) is 12.1 Å². The summed E-state index contributed by atoms with van der Waals surface area (Å²) in [6.07, 6.45) is 2.22. The van der Waals surface area contributed by atoms with Crippen molar-refractivity contribution in [2.24, 2.45) is 0 Å². The number of ketones is 1. The summed E-state index contributed by atoms with van der Waals surface area (Å²) in [4.78, 5) is 15.3. The highest BCUT2D eigenvalue weighted by Gasteiger charge is 2.05. The molecule has 0 amide bonds. The second-order valence-electron chi connectivity index (χ2n) is 4.19. The molecule has 0 spiro atoms. The number of benzene rings is 1. The van der Waals surface area contributed by atoms with Crippen LogP contribution in [0.2, 0.25) is 0 Å². The van der Waals surface area contributed by atoms with Crippen molar-refractivity contribution >= 4 is 17.1 Å². The average molecular weight is 263 g/mol. The normalized spacial score (nSPS) is 10.6. The second kappa shape index (κ2) is 5.87. The van der Waals surface area contributed by atoms with E-state index in [2.05, 4.69) is 4.98 Å². The van der Waals surface area contributed by atoms with Gasteiger partial charge in [0.25, 0.3) is 0 Å². The summed E-state index contributed by atoms with van der Waals surface area (Å²) in [5, 5.41) is 2.92. The molecular weight excluding hydrogens is 249 g/mol. The van der Waals surface area contributed by atoms with Crippen molar-refractivity contribution in [1.29, 1.82) is 0 Å². The number of aryl methyl sites for hydroxylation is 1. The number of nitrogens with zero attached hydrogens (tertiary/aromatic N) is 1. The van der Waals surface area contributed by atoms with E-state index in [-0.39, 0.29) is 11.6 Å². The van der Waals surface area contributed by atoms with Gasteiger partial charge in [-0.3, -0.25) is 0 Å². The van der Waals surface area contributed by atoms with Crippen molar-refractivity contribution < 1.29 is 9.18 Å². The molecule has 0 bridgehead atoms. The van der Waals surface area contributed by atoms with E-state index in [1.54, 1.807) is 24.3 Å². The van der Waals surface area contributed by atoms with Gasteiger partial charge >= 0.3 is 0 Å². The zero-order valence-corrected chi connectivity index (χ0v) is 11.0. The van der Waals surface area contributed by atoms with Gasteiger partial charge < -0.3 is 4.79 Å². The molecule has 0 N–H and O–H groups in total. The fourth-order valence-electron chi connectivity index (χ4n) is 1.69. The number of hydrogen-bond donors (Lipinski definition) is 0. The Morgan fingerprint density at radius 3 is 3.00 bits per heavy atom. The molecule has 0 aliphatic heterocycles. The number of aromatic nitrogens is 1. The van der Waals surface area contributed by atoms with Crippen molar-refractivity contribution in [3.8, 4) is 11.3 Å². The molecule has 0 aliphatic rings. The first-order valence-corrected chi connectivity index (χ1v) is 6.73. The number of rotatable bonds is 5. The quantitative estimate of drug-likeness (QED) is 0.820. The largest absolute Gasteiger partial charge is 0.300 e. The Hall–Kier alpha value is -1.55. The molecule has 0 atom stereocenters. The zero-order chi connectivity index (χ0) is 13.0. The highest BCUT2D eigenvalue weighted by molar-refractivity contribution is 7.09. The van der Waals surface area contributed by atoms with E-state index < -0.39 is 0 Å². The van der Waals surface area contributed by atoms with E-state index in [0.29, 0.717) is 6.42 Å². The average Bonchev–Trinajstić information content (AvgIpc) is 2.77. The van der Waals surface area contributed by atoms with Gasteiger partial charge in [0, 0.05) is 17.4 Å². The summed E-state index contributed by atoms with van der Waals surface area (Å²) in [7, 11) is 0. The lowest BCUT2D eigenvalue weighted by Crippen LogP contribution is -1.92. The fraction of sp³-hybridized carbons (Fsp3) is 0.286. The number of halogens is 1. The molecule has 0 fully saturated rings. The van der Waals surface area contributed by atoms with Crippen LogP contribution in [0.5, 0.6) is 0 Å². The Morgan fingerprint density at radius 2 is 2.28 bits per heavy atom. The lowest BCUT2D eigenvalue weighted by molar-refractivity contribution is -0.117. The third-order valence-corrected chi connectivity index (χ3v) is 3.50. The fourth-order valence-corrected chi connectivity index (χ4v) is 2.54. The molecule has 2 aromatic rings. The number of hydrogen-bond acceptors (Lipinski definition) is 3. The molecule has 4 heteroatoms. The Bertz CT molecular complexity index is 550. The molecule has 0 aliphatic carbocycles. The SMILES string of the molecule is CC(=O)CCCc1nc(-c2cccc(F)c2)cs1. The van der Waals surface area contributed by atoms with E-state index in [0.717, 1.165) is 29.1 Å². The van der Waals surface area contributed by atoms with Gasteiger partial charge in [0.2, 0.25) is 0 Å². The topological polar surface area (TPSA) is 30.0 Å². The van der Waals surface area contributed by atoms with Crippen LogP contribution in [0.25, 0.3) is 11.3 Å². The Labute approximate surface area is 110 Å². The molecule has 0 radical (unpaired) electrons. The molecule has 1 aromatic carbocycles. The summed E-state index contributed by atoms with van der Waals surface area (Å²) in [6, 6.07) is 6.43. The maximum atomic E-state index is 13.1. The molecule has 0 saturated heterocycles. The standard InChI is InChI=1S/C14H14FNOS/c1-10(17)4-2-7-14-16-13(9-18-14)11-5-3-6-12(15)8-11/h3,5-6,8-9H,2,4,7H2,1H3. The first-order valence-electron chi connectivity index (χ1n) is 5.85. The molecular formula is C14H14FNOS. The van der Waals surface area contributed by atoms with Crippen molar-refractivity contribution in [1.82, 2.24) is 4.98 Å². The van der Waals surface area contributed by atoms with Crippen LogP contribution >= 0.6 is 11.3 Å². The van der Waals surface area contributed by atoms with Crippen molar-refractivity contribution in [2.75, 3.05) is 0 Å². The summed E-state index contributed by atoms with van der Waals surface area (Å²) in [5.41, 5.74) is 1.60. The lowest BCUT2D eigenvalue weighted by atomic mass is 10.1.